The lowest BCUT2D eigenvalue weighted by Crippen LogP contribution is -2.51. The van der Waals surface area contributed by atoms with Gasteiger partial charge in [0.2, 0.25) is 0 Å². The molecule has 0 spiro atoms. The minimum Gasteiger partial charge on any atom is -0.322 e. The molecule has 190 valence electrons. The third kappa shape index (κ3) is 5.13. The number of nitrogens with one attached hydrogen (secondary N) is 1. The lowest BCUT2D eigenvalue weighted by Gasteiger charge is -2.39. The van der Waals surface area contributed by atoms with E-state index in [9.17, 15) is 14.4 Å². The Kier molecular flexibility index (Phi) is 7.06. The summed E-state index contributed by atoms with van der Waals surface area (Å²) in [6.45, 7) is 6.98. The second kappa shape index (κ2) is 10.6. The Bertz CT molecular complexity index is 1250. The quantitative estimate of drug-likeness (QED) is 0.494. The number of carbonyl (C=O) groups excluding carboxylic acids is 3. The SMILES string of the molecule is CC(C)CN1C(=O)c2ccc(NC(=O)N3CCN(C(c4ccccc4)c4ccccc4)CC3)cc2C1=O. The van der Waals surface area contributed by atoms with Crippen LogP contribution in [-0.4, -0.2) is 65.3 Å². The molecule has 1 N–H and O–H groups in total. The highest BCUT2D eigenvalue weighted by Gasteiger charge is 2.36. The van der Waals surface area contributed by atoms with Crippen molar-refractivity contribution in [2.75, 3.05) is 38.0 Å². The minimum absolute atomic E-state index is 0.127. The highest BCUT2D eigenvalue weighted by atomic mass is 16.2. The summed E-state index contributed by atoms with van der Waals surface area (Å²) in [5.74, 6) is -0.385. The maximum absolute atomic E-state index is 13.1. The van der Waals surface area contributed by atoms with Gasteiger partial charge in [-0.05, 0) is 35.2 Å². The summed E-state index contributed by atoms with van der Waals surface area (Å²) in [5.41, 5.74) is 3.73. The Morgan fingerprint density at radius 3 is 1.92 bits per heavy atom. The van der Waals surface area contributed by atoms with Crippen LogP contribution in [0.3, 0.4) is 0 Å². The Morgan fingerprint density at radius 1 is 0.784 bits per heavy atom. The molecule has 0 radical (unpaired) electrons. The van der Waals surface area contributed by atoms with Gasteiger partial charge >= 0.3 is 6.03 Å². The number of carbonyl (C=O) groups is 3. The standard InChI is InChI=1S/C30H32N4O3/c1-21(2)20-34-28(35)25-14-13-24(19-26(25)29(34)36)31-30(37)33-17-15-32(16-18-33)27(22-9-5-3-6-10-22)23-11-7-4-8-12-23/h3-14,19,21,27H,15-18,20H2,1-2H3,(H,31,37). The van der Waals surface area contributed by atoms with Crippen LogP contribution in [0, 0.1) is 5.92 Å². The molecule has 7 heteroatoms. The number of fused-ring (bicyclic) bond motifs is 1. The van der Waals surface area contributed by atoms with Crippen LogP contribution < -0.4 is 5.32 Å². The molecule has 3 aromatic carbocycles. The van der Waals surface area contributed by atoms with E-state index >= 15 is 0 Å². The molecule has 4 amide bonds. The largest absolute Gasteiger partial charge is 0.322 e. The number of rotatable bonds is 6. The minimum atomic E-state index is -0.300. The number of imide groups is 1. The summed E-state index contributed by atoms with van der Waals surface area (Å²) in [4.78, 5) is 44.0. The second-order valence-corrected chi connectivity index (χ2v) is 10.1. The molecule has 0 atom stereocenters. The Balaban J connectivity index is 1.25. The number of hydrogen-bond donors (Lipinski definition) is 1. The number of hydrogen-bond acceptors (Lipinski definition) is 4. The van der Waals surface area contributed by atoms with Gasteiger partial charge in [0.25, 0.3) is 11.8 Å². The van der Waals surface area contributed by atoms with Crippen molar-refractivity contribution in [1.82, 2.24) is 14.7 Å². The highest BCUT2D eigenvalue weighted by molar-refractivity contribution is 6.21. The van der Waals surface area contributed by atoms with E-state index in [1.807, 2.05) is 26.0 Å². The van der Waals surface area contributed by atoms with Gasteiger partial charge in [-0.3, -0.25) is 19.4 Å². The zero-order chi connectivity index (χ0) is 25.9. The summed E-state index contributed by atoms with van der Waals surface area (Å²) >= 11 is 0. The van der Waals surface area contributed by atoms with Crippen molar-refractivity contribution in [2.24, 2.45) is 5.92 Å². The monoisotopic (exact) mass is 496 g/mol. The van der Waals surface area contributed by atoms with Gasteiger partial charge < -0.3 is 10.2 Å². The van der Waals surface area contributed by atoms with Crippen molar-refractivity contribution in [1.29, 1.82) is 0 Å². The van der Waals surface area contributed by atoms with E-state index < -0.39 is 0 Å². The smallest absolute Gasteiger partial charge is 0.321 e. The third-order valence-corrected chi connectivity index (χ3v) is 6.97. The zero-order valence-electron chi connectivity index (χ0n) is 21.3. The fourth-order valence-corrected chi connectivity index (χ4v) is 5.17. The first-order valence-corrected chi connectivity index (χ1v) is 12.8. The van der Waals surface area contributed by atoms with Crippen LogP contribution in [0.25, 0.3) is 0 Å². The Labute approximate surface area is 217 Å². The molecule has 0 aromatic heterocycles. The molecule has 5 rings (SSSR count). The number of urea groups is 1. The van der Waals surface area contributed by atoms with E-state index in [2.05, 4.69) is 58.7 Å². The summed E-state index contributed by atoms with van der Waals surface area (Å²) < 4.78 is 0. The van der Waals surface area contributed by atoms with Gasteiger partial charge in [0.1, 0.15) is 0 Å². The van der Waals surface area contributed by atoms with Crippen molar-refractivity contribution < 1.29 is 14.4 Å². The van der Waals surface area contributed by atoms with E-state index in [4.69, 9.17) is 0 Å². The molecule has 1 fully saturated rings. The van der Waals surface area contributed by atoms with E-state index in [-0.39, 0.29) is 29.8 Å². The van der Waals surface area contributed by atoms with Crippen LogP contribution in [0.1, 0.15) is 51.7 Å². The van der Waals surface area contributed by atoms with Crippen LogP contribution in [-0.2, 0) is 0 Å². The zero-order valence-corrected chi connectivity index (χ0v) is 21.3. The molecule has 0 saturated carbocycles. The number of nitrogens with zero attached hydrogens (tertiary/aromatic N) is 3. The summed E-state index contributed by atoms with van der Waals surface area (Å²) in [5, 5.41) is 2.93. The fourth-order valence-electron chi connectivity index (χ4n) is 5.17. The first-order chi connectivity index (χ1) is 17.9. The van der Waals surface area contributed by atoms with Gasteiger partial charge in [-0.2, -0.15) is 0 Å². The van der Waals surface area contributed by atoms with Crippen molar-refractivity contribution in [2.45, 2.75) is 19.9 Å². The van der Waals surface area contributed by atoms with Gasteiger partial charge in [0.15, 0.2) is 0 Å². The first-order valence-electron chi connectivity index (χ1n) is 12.8. The average Bonchev–Trinajstić information content (AvgIpc) is 3.14. The molecular formula is C30H32N4O3. The van der Waals surface area contributed by atoms with Gasteiger partial charge in [0, 0.05) is 38.4 Å². The molecule has 0 bridgehead atoms. The first kappa shape index (κ1) is 24.7. The van der Waals surface area contributed by atoms with Gasteiger partial charge in [-0.25, -0.2) is 4.79 Å². The van der Waals surface area contributed by atoms with Crippen LogP contribution in [0.15, 0.2) is 78.9 Å². The topological polar surface area (TPSA) is 73.0 Å². The summed E-state index contributed by atoms with van der Waals surface area (Å²) in [7, 11) is 0. The van der Waals surface area contributed by atoms with Crippen molar-refractivity contribution in [3.63, 3.8) is 0 Å². The lowest BCUT2D eigenvalue weighted by molar-refractivity contribution is 0.0636. The number of piperazine rings is 1. The molecule has 1 saturated heterocycles. The predicted molar refractivity (Wildman–Crippen MR) is 144 cm³/mol. The Morgan fingerprint density at radius 2 is 1.35 bits per heavy atom. The second-order valence-electron chi connectivity index (χ2n) is 10.1. The molecule has 2 aliphatic heterocycles. The molecular weight excluding hydrogens is 464 g/mol. The number of anilines is 1. The lowest BCUT2D eigenvalue weighted by atomic mass is 9.96. The highest BCUT2D eigenvalue weighted by Crippen LogP contribution is 2.30. The molecule has 37 heavy (non-hydrogen) atoms. The van der Waals surface area contributed by atoms with Crippen LogP contribution in [0.2, 0.25) is 0 Å². The molecule has 0 unspecified atom stereocenters. The van der Waals surface area contributed by atoms with Gasteiger partial charge in [-0.1, -0.05) is 74.5 Å². The Hall–Kier alpha value is -3.97. The fraction of sp³-hybridized carbons (Fsp3) is 0.300. The van der Waals surface area contributed by atoms with Gasteiger partial charge in [0.05, 0.1) is 17.2 Å². The van der Waals surface area contributed by atoms with Crippen LogP contribution in [0.5, 0.6) is 0 Å². The predicted octanol–water partition coefficient (Wildman–Crippen LogP) is 4.88. The molecule has 0 aliphatic carbocycles. The number of amides is 4. The molecule has 2 heterocycles. The van der Waals surface area contributed by atoms with Crippen molar-refractivity contribution in [3.05, 3.63) is 101 Å². The molecule has 2 aliphatic rings. The maximum atomic E-state index is 13.1. The van der Waals surface area contributed by atoms with Crippen LogP contribution >= 0.6 is 0 Å². The molecule has 3 aromatic rings. The average molecular weight is 497 g/mol. The number of benzene rings is 3. The summed E-state index contributed by atoms with van der Waals surface area (Å²) in [6.07, 6.45) is 0. The third-order valence-electron chi connectivity index (χ3n) is 6.97. The van der Waals surface area contributed by atoms with E-state index in [0.717, 1.165) is 13.1 Å². The normalized spacial score (nSPS) is 16.0. The van der Waals surface area contributed by atoms with E-state index in [0.29, 0.717) is 36.4 Å². The van der Waals surface area contributed by atoms with Crippen molar-refractivity contribution in [3.8, 4) is 0 Å². The van der Waals surface area contributed by atoms with Crippen molar-refractivity contribution >= 4 is 23.5 Å². The molecule has 7 nitrogen and oxygen atoms in total. The maximum Gasteiger partial charge on any atom is 0.321 e. The van der Waals surface area contributed by atoms with E-state index in [1.165, 1.54) is 16.0 Å². The summed E-state index contributed by atoms with van der Waals surface area (Å²) in [6, 6.07) is 25.8. The van der Waals surface area contributed by atoms with Gasteiger partial charge in [-0.15, -0.1) is 0 Å². The van der Waals surface area contributed by atoms with Crippen LogP contribution in [0.4, 0.5) is 10.5 Å². The van der Waals surface area contributed by atoms with E-state index in [1.54, 1.807) is 23.1 Å².